The number of nitrogens with zero attached hydrogens (tertiary/aromatic N) is 3. The van der Waals surface area contributed by atoms with Gasteiger partial charge in [0, 0.05) is 24.5 Å². The standard InChI is InChI=1S/C18H18N4O3S/c1-12(16(23)20-11-13-6-3-4-8-15(13)24-2)26-18-22-21-17(25-18)14-7-5-9-19-10-14/h3-10,12H,11H2,1-2H3,(H,20,23)/t12-/m0/s1. The molecular formula is C18H18N4O3S. The molecule has 0 saturated carbocycles. The minimum atomic E-state index is -0.382. The van der Waals surface area contributed by atoms with Crippen molar-refractivity contribution in [2.45, 2.75) is 23.9 Å². The van der Waals surface area contributed by atoms with Gasteiger partial charge in [-0.15, -0.1) is 10.2 Å². The Kier molecular flexibility index (Phi) is 5.85. The van der Waals surface area contributed by atoms with Crippen molar-refractivity contribution >= 4 is 17.7 Å². The Hall–Kier alpha value is -2.87. The second kappa shape index (κ2) is 8.48. The first-order valence-electron chi connectivity index (χ1n) is 7.97. The van der Waals surface area contributed by atoms with E-state index in [9.17, 15) is 4.79 Å². The molecule has 0 aliphatic carbocycles. The van der Waals surface area contributed by atoms with Crippen molar-refractivity contribution in [3.8, 4) is 17.2 Å². The van der Waals surface area contributed by atoms with Crippen LogP contribution in [0.1, 0.15) is 12.5 Å². The van der Waals surface area contributed by atoms with Gasteiger partial charge >= 0.3 is 0 Å². The lowest BCUT2D eigenvalue weighted by atomic mass is 10.2. The minimum absolute atomic E-state index is 0.123. The number of hydrogen-bond donors (Lipinski definition) is 1. The lowest BCUT2D eigenvalue weighted by Gasteiger charge is -2.12. The highest BCUT2D eigenvalue weighted by molar-refractivity contribution is 8.00. The molecule has 0 fully saturated rings. The van der Waals surface area contributed by atoms with Crippen molar-refractivity contribution in [3.05, 3.63) is 54.4 Å². The number of rotatable bonds is 7. The van der Waals surface area contributed by atoms with Crippen LogP contribution in [0, 0.1) is 0 Å². The molecule has 3 rings (SSSR count). The summed E-state index contributed by atoms with van der Waals surface area (Å²) in [6.45, 7) is 2.18. The van der Waals surface area contributed by atoms with E-state index in [4.69, 9.17) is 9.15 Å². The zero-order valence-electron chi connectivity index (χ0n) is 14.4. The van der Waals surface area contributed by atoms with E-state index in [1.165, 1.54) is 11.8 Å². The molecule has 1 N–H and O–H groups in total. The largest absolute Gasteiger partial charge is 0.496 e. The summed E-state index contributed by atoms with van der Waals surface area (Å²) < 4.78 is 10.9. The molecule has 0 bridgehead atoms. The van der Waals surface area contributed by atoms with Crippen molar-refractivity contribution in [2.75, 3.05) is 7.11 Å². The van der Waals surface area contributed by atoms with Gasteiger partial charge in [-0.3, -0.25) is 9.78 Å². The van der Waals surface area contributed by atoms with Gasteiger partial charge < -0.3 is 14.5 Å². The van der Waals surface area contributed by atoms with Crippen molar-refractivity contribution in [3.63, 3.8) is 0 Å². The van der Waals surface area contributed by atoms with Gasteiger partial charge in [0.15, 0.2) is 0 Å². The Morgan fingerprint density at radius 3 is 2.88 bits per heavy atom. The van der Waals surface area contributed by atoms with Crippen LogP contribution >= 0.6 is 11.8 Å². The number of aromatic nitrogens is 3. The van der Waals surface area contributed by atoms with Gasteiger partial charge in [0.2, 0.25) is 11.8 Å². The van der Waals surface area contributed by atoms with E-state index in [0.717, 1.165) is 16.9 Å². The Morgan fingerprint density at radius 1 is 1.27 bits per heavy atom. The Labute approximate surface area is 155 Å². The predicted octanol–water partition coefficient (Wildman–Crippen LogP) is 2.94. The number of carbonyl (C=O) groups excluding carboxylic acids is 1. The summed E-state index contributed by atoms with van der Waals surface area (Å²) in [6.07, 6.45) is 3.31. The van der Waals surface area contributed by atoms with Gasteiger partial charge in [0.05, 0.1) is 17.9 Å². The van der Waals surface area contributed by atoms with Gasteiger partial charge in [-0.1, -0.05) is 30.0 Å². The molecule has 0 unspecified atom stereocenters. The van der Waals surface area contributed by atoms with Crippen molar-refractivity contribution in [1.29, 1.82) is 0 Å². The fourth-order valence-corrected chi connectivity index (χ4v) is 2.95. The number of carbonyl (C=O) groups is 1. The van der Waals surface area contributed by atoms with Crippen molar-refractivity contribution < 1.29 is 13.9 Å². The number of para-hydroxylation sites is 1. The van der Waals surface area contributed by atoms with Gasteiger partial charge in [0.1, 0.15) is 5.75 Å². The van der Waals surface area contributed by atoms with E-state index in [1.807, 2.05) is 30.3 Å². The molecule has 2 aromatic heterocycles. The number of amides is 1. The van der Waals surface area contributed by atoms with Crippen LogP contribution in [0.15, 0.2) is 58.4 Å². The van der Waals surface area contributed by atoms with E-state index < -0.39 is 0 Å². The molecule has 2 heterocycles. The summed E-state index contributed by atoms with van der Waals surface area (Å²) >= 11 is 1.21. The topological polar surface area (TPSA) is 90.1 Å². The summed E-state index contributed by atoms with van der Waals surface area (Å²) in [5, 5.41) is 10.8. The van der Waals surface area contributed by atoms with Crippen LogP contribution in [0.4, 0.5) is 0 Å². The van der Waals surface area contributed by atoms with Crippen LogP contribution in [0.2, 0.25) is 0 Å². The fourth-order valence-electron chi connectivity index (χ4n) is 2.24. The molecule has 134 valence electrons. The highest BCUT2D eigenvalue weighted by Crippen LogP contribution is 2.26. The van der Waals surface area contributed by atoms with Crippen LogP contribution < -0.4 is 10.1 Å². The molecule has 0 saturated heterocycles. The Bertz CT molecular complexity index is 870. The number of benzene rings is 1. The summed E-state index contributed by atoms with van der Waals surface area (Å²) in [4.78, 5) is 16.3. The molecule has 7 nitrogen and oxygen atoms in total. The van der Waals surface area contributed by atoms with Crippen LogP contribution in [-0.4, -0.2) is 33.4 Å². The van der Waals surface area contributed by atoms with E-state index in [1.54, 1.807) is 32.5 Å². The molecule has 1 aromatic carbocycles. The van der Waals surface area contributed by atoms with Crippen molar-refractivity contribution in [2.24, 2.45) is 0 Å². The zero-order valence-corrected chi connectivity index (χ0v) is 15.2. The molecule has 0 spiro atoms. The normalized spacial score (nSPS) is 11.8. The predicted molar refractivity (Wildman–Crippen MR) is 97.7 cm³/mol. The Morgan fingerprint density at radius 2 is 2.12 bits per heavy atom. The van der Waals surface area contributed by atoms with E-state index in [2.05, 4.69) is 20.5 Å². The first-order chi connectivity index (χ1) is 12.7. The fraction of sp³-hybridized carbons (Fsp3) is 0.222. The third-order valence-electron chi connectivity index (χ3n) is 3.61. The van der Waals surface area contributed by atoms with Crippen LogP contribution in [0.3, 0.4) is 0 Å². The SMILES string of the molecule is COc1ccccc1CNC(=O)[C@H](C)Sc1nnc(-c2cccnc2)o1. The molecule has 3 aromatic rings. The van der Waals surface area contributed by atoms with Crippen LogP contribution in [0.25, 0.3) is 11.5 Å². The zero-order chi connectivity index (χ0) is 18.4. The van der Waals surface area contributed by atoms with Crippen LogP contribution in [-0.2, 0) is 11.3 Å². The first kappa shape index (κ1) is 17.9. The molecule has 0 aliphatic heterocycles. The lowest BCUT2D eigenvalue weighted by Crippen LogP contribution is -2.30. The van der Waals surface area contributed by atoms with Gasteiger partial charge in [-0.2, -0.15) is 0 Å². The number of thioether (sulfide) groups is 1. The molecule has 0 radical (unpaired) electrons. The molecule has 26 heavy (non-hydrogen) atoms. The van der Waals surface area contributed by atoms with Gasteiger partial charge in [0.25, 0.3) is 5.22 Å². The maximum atomic E-state index is 12.3. The second-order valence-corrected chi connectivity index (χ2v) is 6.70. The third-order valence-corrected chi connectivity index (χ3v) is 4.54. The quantitative estimate of drug-likeness (QED) is 0.640. The molecule has 1 atom stereocenters. The number of nitrogens with one attached hydrogen (secondary N) is 1. The highest BCUT2D eigenvalue weighted by atomic mass is 32.2. The number of hydrogen-bond acceptors (Lipinski definition) is 7. The lowest BCUT2D eigenvalue weighted by molar-refractivity contribution is -0.120. The summed E-state index contributed by atoms with van der Waals surface area (Å²) in [7, 11) is 1.61. The second-order valence-electron chi connectivity index (χ2n) is 5.40. The number of ether oxygens (including phenoxy) is 1. The van der Waals surface area contributed by atoms with E-state index in [-0.39, 0.29) is 11.2 Å². The smallest absolute Gasteiger partial charge is 0.277 e. The van der Waals surface area contributed by atoms with Crippen molar-refractivity contribution in [1.82, 2.24) is 20.5 Å². The molecule has 8 heteroatoms. The average Bonchev–Trinajstić information content (AvgIpc) is 3.15. The van der Waals surface area contributed by atoms with Gasteiger partial charge in [-0.05, 0) is 25.1 Å². The maximum absolute atomic E-state index is 12.3. The molecule has 1 amide bonds. The minimum Gasteiger partial charge on any atom is -0.496 e. The third kappa shape index (κ3) is 4.40. The first-order valence-corrected chi connectivity index (χ1v) is 8.85. The van der Waals surface area contributed by atoms with Crippen LogP contribution in [0.5, 0.6) is 5.75 Å². The summed E-state index contributed by atoms with van der Waals surface area (Å²) in [6, 6.07) is 11.2. The maximum Gasteiger partial charge on any atom is 0.277 e. The van der Waals surface area contributed by atoms with E-state index in [0.29, 0.717) is 17.7 Å². The number of methoxy groups -OCH3 is 1. The van der Waals surface area contributed by atoms with E-state index >= 15 is 0 Å². The Balaban J connectivity index is 1.57. The average molecular weight is 370 g/mol. The highest BCUT2D eigenvalue weighted by Gasteiger charge is 2.19. The summed E-state index contributed by atoms with van der Waals surface area (Å²) in [5.41, 5.74) is 1.65. The monoisotopic (exact) mass is 370 g/mol. The summed E-state index contributed by atoms with van der Waals surface area (Å²) in [5.74, 6) is 0.996. The molecule has 0 aliphatic rings. The van der Waals surface area contributed by atoms with Gasteiger partial charge in [-0.25, -0.2) is 0 Å². The number of pyridine rings is 1. The molecular weight excluding hydrogens is 352 g/mol.